The second-order valence-electron chi connectivity index (χ2n) is 4.78. The predicted molar refractivity (Wildman–Crippen MR) is 97.8 cm³/mol. The van der Waals surface area contributed by atoms with E-state index in [4.69, 9.17) is 23.8 Å². The Labute approximate surface area is 152 Å². The van der Waals surface area contributed by atoms with Gasteiger partial charge in [0.25, 0.3) is 0 Å². The average Bonchev–Trinajstić information content (AvgIpc) is 2.94. The normalized spacial score (nSPS) is 11.2. The highest BCUT2D eigenvalue weighted by atomic mass is 35.5. The number of nitrogens with zero attached hydrogens (tertiary/aromatic N) is 3. The van der Waals surface area contributed by atoms with Crippen LogP contribution in [0.2, 0.25) is 5.02 Å². The van der Waals surface area contributed by atoms with Gasteiger partial charge in [0.1, 0.15) is 5.82 Å². The molecule has 8 heteroatoms. The van der Waals surface area contributed by atoms with Gasteiger partial charge in [-0.2, -0.15) is 9.78 Å². The van der Waals surface area contributed by atoms with E-state index >= 15 is 0 Å². The molecule has 0 spiro atoms. The van der Waals surface area contributed by atoms with E-state index in [-0.39, 0.29) is 10.6 Å². The average molecular weight is 379 g/mol. The molecule has 3 aromatic rings. The first-order valence-electron chi connectivity index (χ1n) is 6.97. The second kappa shape index (κ2) is 7.74. The molecular formula is C16H12ClFN4S2. The molecule has 0 saturated carbocycles. The SMILES string of the molecule is Fc1cccc(Cl)c1/C=N\n1c(SCc2ccccc2)n[nH]c1=S. The standard InChI is InChI=1S/C16H12ClFN4S2/c17-13-7-4-8-14(18)12(13)9-19-22-15(23)20-21-16(22)24-10-11-5-2-1-3-6-11/h1-9H,10H2,(H,20,23)/b19-9-. The first-order valence-corrected chi connectivity index (χ1v) is 8.75. The van der Waals surface area contributed by atoms with E-state index in [1.165, 1.54) is 28.7 Å². The zero-order valence-electron chi connectivity index (χ0n) is 12.3. The van der Waals surface area contributed by atoms with Gasteiger partial charge in [0.2, 0.25) is 9.93 Å². The molecule has 0 amide bonds. The third-order valence-corrected chi connectivity index (χ3v) is 4.73. The van der Waals surface area contributed by atoms with E-state index in [9.17, 15) is 4.39 Å². The quantitative estimate of drug-likeness (QED) is 0.390. The summed E-state index contributed by atoms with van der Waals surface area (Å²) in [6.45, 7) is 0. The molecular weight excluding hydrogens is 367 g/mol. The third-order valence-electron chi connectivity index (χ3n) is 3.13. The lowest BCUT2D eigenvalue weighted by molar-refractivity contribution is 0.625. The molecule has 1 N–H and O–H groups in total. The number of aromatic nitrogens is 3. The Hall–Kier alpha value is -1.96. The second-order valence-corrected chi connectivity index (χ2v) is 6.51. The molecule has 0 radical (unpaired) electrons. The van der Waals surface area contributed by atoms with Gasteiger partial charge in [0, 0.05) is 11.3 Å². The molecule has 1 aromatic heterocycles. The fourth-order valence-corrected chi connectivity index (χ4v) is 3.25. The fraction of sp³-hybridized carbons (Fsp3) is 0.0625. The van der Waals surface area contributed by atoms with E-state index in [1.807, 2.05) is 30.3 Å². The van der Waals surface area contributed by atoms with Crippen LogP contribution in [-0.4, -0.2) is 21.1 Å². The van der Waals surface area contributed by atoms with Gasteiger partial charge in [-0.25, -0.2) is 9.49 Å². The fourth-order valence-electron chi connectivity index (χ4n) is 1.94. The number of H-pyrrole nitrogens is 1. The smallest absolute Gasteiger partial charge is 0.217 e. The van der Waals surface area contributed by atoms with Crippen LogP contribution in [0, 0.1) is 10.6 Å². The molecule has 0 aliphatic rings. The summed E-state index contributed by atoms with van der Waals surface area (Å²) in [5.41, 5.74) is 1.37. The molecule has 0 saturated heterocycles. The van der Waals surface area contributed by atoms with Crippen LogP contribution in [-0.2, 0) is 5.75 Å². The number of rotatable bonds is 5. The molecule has 0 fully saturated rings. The van der Waals surface area contributed by atoms with E-state index in [1.54, 1.807) is 12.1 Å². The zero-order chi connectivity index (χ0) is 16.9. The highest BCUT2D eigenvalue weighted by Gasteiger charge is 2.08. The van der Waals surface area contributed by atoms with Crippen LogP contribution in [0.25, 0.3) is 0 Å². The van der Waals surface area contributed by atoms with Crippen LogP contribution in [0.4, 0.5) is 4.39 Å². The molecule has 122 valence electrons. The summed E-state index contributed by atoms with van der Waals surface area (Å²) in [6, 6.07) is 14.4. The van der Waals surface area contributed by atoms with Crippen molar-refractivity contribution in [1.29, 1.82) is 0 Å². The minimum atomic E-state index is -0.445. The third kappa shape index (κ3) is 3.92. The summed E-state index contributed by atoms with van der Waals surface area (Å²) in [4.78, 5) is 0. The van der Waals surface area contributed by atoms with Crippen molar-refractivity contribution in [3.63, 3.8) is 0 Å². The summed E-state index contributed by atoms with van der Waals surface area (Å²) in [5, 5.41) is 11.9. The van der Waals surface area contributed by atoms with Gasteiger partial charge in [-0.05, 0) is 29.9 Å². The van der Waals surface area contributed by atoms with Crippen LogP contribution < -0.4 is 0 Å². The van der Waals surface area contributed by atoms with E-state index in [2.05, 4.69) is 15.3 Å². The molecule has 0 bridgehead atoms. The lowest BCUT2D eigenvalue weighted by Gasteiger charge is -2.02. The highest BCUT2D eigenvalue weighted by Crippen LogP contribution is 2.21. The van der Waals surface area contributed by atoms with Crippen molar-refractivity contribution in [2.75, 3.05) is 0 Å². The number of benzene rings is 2. The Morgan fingerprint density at radius 3 is 2.79 bits per heavy atom. The molecule has 4 nitrogen and oxygen atoms in total. The van der Waals surface area contributed by atoms with Gasteiger partial charge in [0.05, 0.1) is 11.2 Å². The predicted octanol–water partition coefficient (Wildman–Crippen LogP) is 4.91. The van der Waals surface area contributed by atoms with Crippen LogP contribution in [0.1, 0.15) is 11.1 Å². The maximum atomic E-state index is 13.8. The molecule has 3 rings (SSSR count). The van der Waals surface area contributed by atoms with Crippen molar-refractivity contribution in [3.8, 4) is 0 Å². The van der Waals surface area contributed by atoms with Gasteiger partial charge in [-0.3, -0.25) is 0 Å². The van der Waals surface area contributed by atoms with Crippen molar-refractivity contribution in [2.45, 2.75) is 10.9 Å². The molecule has 24 heavy (non-hydrogen) atoms. The molecule has 0 atom stereocenters. The summed E-state index contributed by atoms with van der Waals surface area (Å²) in [5.74, 6) is 0.274. The Kier molecular flexibility index (Phi) is 5.44. The van der Waals surface area contributed by atoms with Crippen molar-refractivity contribution in [3.05, 3.63) is 75.3 Å². The van der Waals surface area contributed by atoms with Crippen LogP contribution in [0.3, 0.4) is 0 Å². The van der Waals surface area contributed by atoms with Gasteiger partial charge >= 0.3 is 0 Å². The lowest BCUT2D eigenvalue weighted by Crippen LogP contribution is -1.96. The lowest BCUT2D eigenvalue weighted by atomic mass is 10.2. The molecule has 0 aliphatic heterocycles. The Morgan fingerprint density at radius 2 is 2.04 bits per heavy atom. The first kappa shape index (κ1) is 16.9. The Bertz CT molecular complexity index is 901. The summed E-state index contributed by atoms with van der Waals surface area (Å²) >= 11 is 12.6. The van der Waals surface area contributed by atoms with Crippen LogP contribution in [0.5, 0.6) is 0 Å². The van der Waals surface area contributed by atoms with Crippen molar-refractivity contribution >= 4 is 41.8 Å². The molecule has 2 aromatic carbocycles. The molecule has 1 heterocycles. The number of thioether (sulfide) groups is 1. The Balaban J connectivity index is 1.83. The van der Waals surface area contributed by atoms with Gasteiger partial charge in [-0.1, -0.05) is 59.8 Å². The largest absolute Gasteiger partial charge is 0.249 e. The summed E-state index contributed by atoms with van der Waals surface area (Å²) in [7, 11) is 0. The highest BCUT2D eigenvalue weighted by molar-refractivity contribution is 7.98. The van der Waals surface area contributed by atoms with Crippen molar-refractivity contribution in [1.82, 2.24) is 14.9 Å². The first-order chi connectivity index (χ1) is 11.6. The number of nitrogens with one attached hydrogen (secondary N) is 1. The number of hydrogen-bond donors (Lipinski definition) is 1. The van der Waals surface area contributed by atoms with Gasteiger partial charge in [0.15, 0.2) is 0 Å². The minimum absolute atomic E-state index is 0.210. The maximum absolute atomic E-state index is 13.8. The Morgan fingerprint density at radius 1 is 1.25 bits per heavy atom. The number of hydrogen-bond acceptors (Lipinski definition) is 4. The van der Waals surface area contributed by atoms with E-state index in [0.717, 1.165) is 11.3 Å². The number of halogens is 2. The van der Waals surface area contributed by atoms with Gasteiger partial charge < -0.3 is 0 Å². The van der Waals surface area contributed by atoms with Crippen LogP contribution in [0.15, 0.2) is 58.8 Å². The zero-order valence-corrected chi connectivity index (χ0v) is 14.7. The maximum Gasteiger partial charge on any atom is 0.217 e. The topological polar surface area (TPSA) is 46.0 Å². The van der Waals surface area contributed by atoms with E-state index < -0.39 is 5.82 Å². The molecule has 0 aliphatic carbocycles. The van der Waals surface area contributed by atoms with Gasteiger partial charge in [-0.15, -0.1) is 5.10 Å². The van der Waals surface area contributed by atoms with Crippen molar-refractivity contribution < 1.29 is 4.39 Å². The van der Waals surface area contributed by atoms with Crippen molar-refractivity contribution in [2.24, 2.45) is 5.10 Å². The summed E-state index contributed by atoms with van der Waals surface area (Å²) < 4.78 is 15.6. The number of aromatic amines is 1. The molecule has 0 unspecified atom stereocenters. The summed E-state index contributed by atoms with van der Waals surface area (Å²) in [6.07, 6.45) is 1.34. The monoisotopic (exact) mass is 378 g/mol. The van der Waals surface area contributed by atoms with Crippen LogP contribution >= 0.6 is 35.6 Å². The van der Waals surface area contributed by atoms with E-state index in [0.29, 0.717) is 9.93 Å². The minimum Gasteiger partial charge on any atom is -0.249 e.